The molecule has 3 rings (SSSR count). The Morgan fingerprint density at radius 2 is 1.65 bits per heavy atom. The van der Waals surface area contributed by atoms with Crippen molar-refractivity contribution < 1.29 is 22.8 Å². The summed E-state index contributed by atoms with van der Waals surface area (Å²) in [5.74, 6) is -0.972. The number of imide groups is 1. The monoisotopic (exact) mass is 343 g/mol. The molecule has 8 nitrogen and oxygen atoms in total. The van der Waals surface area contributed by atoms with Crippen molar-refractivity contribution in [3.8, 4) is 0 Å². The number of nitrogens with zero attached hydrogens (tertiary/aromatic N) is 2. The van der Waals surface area contributed by atoms with Crippen LogP contribution in [0.5, 0.6) is 0 Å². The first kappa shape index (κ1) is 16.4. The highest BCUT2D eigenvalue weighted by atomic mass is 32.2. The Morgan fingerprint density at radius 3 is 2.13 bits per heavy atom. The molecule has 3 fully saturated rings. The van der Waals surface area contributed by atoms with Gasteiger partial charge in [-0.2, -0.15) is 4.31 Å². The van der Waals surface area contributed by atoms with E-state index in [9.17, 15) is 22.8 Å². The predicted molar refractivity (Wildman–Crippen MR) is 80.6 cm³/mol. The van der Waals surface area contributed by atoms with Crippen LogP contribution in [0.15, 0.2) is 0 Å². The van der Waals surface area contributed by atoms with E-state index < -0.39 is 10.0 Å². The number of amides is 3. The topological polar surface area (TPSA) is 104 Å². The molecule has 0 radical (unpaired) electrons. The van der Waals surface area contributed by atoms with E-state index in [1.165, 1.54) is 6.26 Å². The maximum atomic E-state index is 12.1. The second-order valence-corrected chi connectivity index (χ2v) is 8.48. The maximum absolute atomic E-state index is 12.1. The fourth-order valence-corrected chi connectivity index (χ4v) is 5.48. The van der Waals surface area contributed by atoms with Gasteiger partial charge in [-0.25, -0.2) is 8.42 Å². The summed E-state index contributed by atoms with van der Waals surface area (Å²) in [4.78, 5) is 36.1. The molecule has 3 amide bonds. The predicted octanol–water partition coefficient (Wildman–Crippen LogP) is -0.793. The Labute approximate surface area is 135 Å². The molecule has 0 aliphatic carbocycles. The number of nitrogens with one attached hydrogen (secondary N) is 1. The van der Waals surface area contributed by atoms with Crippen molar-refractivity contribution >= 4 is 27.7 Å². The average molecular weight is 343 g/mol. The Balaban J connectivity index is 1.57. The third-order valence-electron chi connectivity index (χ3n) is 4.87. The third kappa shape index (κ3) is 3.25. The molecule has 3 saturated heterocycles. The number of carbonyl (C=O) groups excluding carboxylic acids is 3. The van der Waals surface area contributed by atoms with Crippen molar-refractivity contribution in [1.29, 1.82) is 0 Å². The first-order chi connectivity index (χ1) is 10.8. The van der Waals surface area contributed by atoms with Crippen molar-refractivity contribution in [2.45, 2.75) is 56.7 Å². The highest BCUT2D eigenvalue weighted by Crippen LogP contribution is 2.37. The molecule has 1 N–H and O–H groups in total. The van der Waals surface area contributed by atoms with Crippen LogP contribution < -0.4 is 5.32 Å². The quantitative estimate of drug-likeness (QED) is 0.674. The molecule has 0 aromatic carbocycles. The summed E-state index contributed by atoms with van der Waals surface area (Å²) in [6.45, 7) is -0.237. The fraction of sp³-hybridized carbons (Fsp3) is 0.786. The lowest BCUT2D eigenvalue weighted by molar-refractivity contribution is -0.142. The molecule has 3 heterocycles. The number of hydrogen-bond donors (Lipinski definition) is 1. The van der Waals surface area contributed by atoms with E-state index in [1.54, 1.807) is 4.31 Å². The number of rotatable bonds is 4. The van der Waals surface area contributed by atoms with Gasteiger partial charge in [-0.05, 0) is 25.7 Å². The number of sulfonamides is 1. The van der Waals surface area contributed by atoms with Crippen LogP contribution in [0.2, 0.25) is 0 Å². The minimum Gasteiger partial charge on any atom is -0.352 e. The lowest BCUT2D eigenvalue weighted by atomic mass is 10.00. The molecule has 2 unspecified atom stereocenters. The van der Waals surface area contributed by atoms with Crippen LogP contribution in [0.4, 0.5) is 0 Å². The summed E-state index contributed by atoms with van der Waals surface area (Å²) in [7, 11) is -3.22. The largest absolute Gasteiger partial charge is 0.352 e. The van der Waals surface area contributed by atoms with Crippen LogP contribution in [-0.2, 0) is 24.4 Å². The zero-order valence-electron chi connectivity index (χ0n) is 13.0. The van der Waals surface area contributed by atoms with Crippen molar-refractivity contribution in [2.24, 2.45) is 0 Å². The van der Waals surface area contributed by atoms with Crippen LogP contribution in [0, 0.1) is 0 Å². The van der Waals surface area contributed by atoms with Gasteiger partial charge in [-0.3, -0.25) is 19.3 Å². The van der Waals surface area contributed by atoms with Gasteiger partial charge in [0, 0.05) is 31.0 Å². The Kier molecular flexibility index (Phi) is 4.18. The molecule has 128 valence electrons. The molecule has 9 heteroatoms. The highest BCUT2D eigenvalue weighted by molar-refractivity contribution is 7.88. The van der Waals surface area contributed by atoms with Crippen LogP contribution in [0.3, 0.4) is 0 Å². The van der Waals surface area contributed by atoms with Crippen molar-refractivity contribution in [2.75, 3.05) is 12.8 Å². The third-order valence-corrected chi connectivity index (χ3v) is 6.23. The van der Waals surface area contributed by atoms with E-state index in [2.05, 4.69) is 5.32 Å². The Hall–Kier alpha value is -1.48. The van der Waals surface area contributed by atoms with Gasteiger partial charge in [-0.15, -0.1) is 0 Å². The number of carbonyl (C=O) groups is 3. The molecule has 0 aromatic heterocycles. The van der Waals surface area contributed by atoms with Gasteiger partial charge in [0.05, 0.1) is 6.26 Å². The zero-order chi connectivity index (χ0) is 16.8. The maximum Gasteiger partial charge on any atom is 0.240 e. The van der Waals surface area contributed by atoms with E-state index in [4.69, 9.17) is 0 Å². The standard InChI is InChI=1S/C14H21N3O5S/c1-23(21,22)17-10-2-3-11(17)7-9(6-10)15-12(18)8-16-13(19)4-5-14(16)20/h9-11H,2-8H2,1H3,(H,15,18). The van der Waals surface area contributed by atoms with Crippen molar-refractivity contribution in [1.82, 2.24) is 14.5 Å². The number of fused-ring (bicyclic) bond motifs is 2. The van der Waals surface area contributed by atoms with Crippen LogP contribution in [0.25, 0.3) is 0 Å². The Morgan fingerprint density at radius 1 is 1.13 bits per heavy atom. The molecule has 0 spiro atoms. The first-order valence-electron chi connectivity index (χ1n) is 7.87. The average Bonchev–Trinajstić information content (AvgIpc) is 2.90. The summed E-state index contributed by atoms with van der Waals surface area (Å²) in [5.41, 5.74) is 0. The number of likely N-dealkylation sites (tertiary alicyclic amines) is 1. The molecule has 0 saturated carbocycles. The minimum absolute atomic E-state index is 0.0656. The zero-order valence-corrected chi connectivity index (χ0v) is 13.8. The summed E-state index contributed by atoms with van der Waals surface area (Å²) < 4.78 is 25.2. The van der Waals surface area contributed by atoms with Crippen molar-refractivity contribution in [3.05, 3.63) is 0 Å². The van der Waals surface area contributed by atoms with Gasteiger partial charge in [0.15, 0.2) is 0 Å². The van der Waals surface area contributed by atoms with Gasteiger partial charge >= 0.3 is 0 Å². The number of piperidine rings is 1. The minimum atomic E-state index is -3.22. The van der Waals surface area contributed by atoms with Crippen LogP contribution in [0.1, 0.15) is 38.5 Å². The molecule has 3 aliphatic heterocycles. The molecular weight excluding hydrogens is 322 g/mol. The molecule has 3 aliphatic rings. The normalized spacial score (nSPS) is 31.7. The van der Waals surface area contributed by atoms with E-state index in [1.807, 2.05) is 0 Å². The van der Waals surface area contributed by atoms with Gasteiger partial charge in [-0.1, -0.05) is 0 Å². The van der Waals surface area contributed by atoms with Gasteiger partial charge in [0.1, 0.15) is 6.54 Å². The van der Waals surface area contributed by atoms with Crippen LogP contribution in [-0.4, -0.2) is 66.3 Å². The summed E-state index contributed by atoms with van der Waals surface area (Å²) in [5, 5.41) is 2.85. The van der Waals surface area contributed by atoms with Gasteiger partial charge in [0.25, 0.3) is 0 Å². The second-order valence-electron chi connectivity index (χ2n) is 6.59. The second kappa shape index (κ2) is 5.86. The lowest BCUT2D eigenvalue weighted by Crippen LogP contribution is -2.53. The summed E-state index contributed by atoms with van der Waals surface area (Å²) >= 11 is 0. The molecule has 2 atom stereocenters. The molecular formula is C14H21N3O5S. The summed E-state index contributed by atoms with van der Waals surface area (Å²) in [6.07, 6.45) is 4.35. The Bertz CT molecular complexity index is 617. The first-order valence-corrected chi connectivity index (χ1v) is 9.71. The van der Waals surface area contributed by atoms with E-state index in [0.717, 1.165) is 17.7 Å². The van der Waals surface area contributed by atoms with Gasteiger partial charge < -0.3 is 5.32 Å². The molecule has 23 heavy (non-hydrogen) atoms. The summed E-state index contributed by atoms with van der Waals surface area (Å²) in [6, 6.07) is -0.237. The smallest absolute Gasteiger partial charge is 0.240 e. The lowest BCUT2D eigenvalue weighted by Gasteiger charge is -2.37. The van der Waals surface area contributed by atoms with Crippen molar-refractivity contribution in [3.63, 3.8) is 0 Å². The van der Waals surface area contributed by atoms with Gasteiger partial charge in [0.2, 0.25) is 27.7 Å². The highest BCUT2D eigenvalue weighted by Gasteiger charge is 2.45. The SMILES string of the molecule is CS(=O)(=O)N1C2CCC1CC(NC(=O)CN1C(=O)CCC1=O)C2. The van der Waals surface area contributed by atoms with Crippen LogP contribution >= 0.6 is 0 Å². The number of hydrogen-bond acceptors (Lipinski definition) is 5. The van der Waals surface area contributed by atoms with E-state index in [-0.39, 0.29) is 55.2 Å². The van der Waals surface area contributed by atoms with E-state index in [0.29, 0.717) is 12.8 Å². The van der Waals surface area contributed by atoms with E-state index >= 15 is 0 Å². The molecule has 2 bridgehead atoms. The molecule has 0 aromatic rings. The fourth-order valence-electron chi connectivity index (χ4n) is 4.01.